The molecule has 0 unspecified atom stereocenters. The van der Waals surface area contributed by atoms with Gasteiger partial charge in [-0.15, -0.1) is 0 Å². The summed E-state index contributed by atoms with van der Waals surface area (Å²) in [7, 11) is -4.07. The maximum Gasteiger partial charge on any atom is 0.277 e. The number of aromatic nitrogens is 1. The molecular formula is C8H10NO3S. The van der Waals surface area contributed by atoms with Crippen LogP contribution in [0, 0.1) is 6.20 Å². The molecule has 0 amide bonds. The van der Waals surface area contributed by atoms with Gasteiger partial charge in [0.15, 0.2) is 6.20 Å². The zero-order valence-electron chi connectivity index (χ0n) is 7.01. The predicted octanol–water partition coefficient (Wildman–Crippen LogP) is -0.290. The Hall–Kier alpha value is -0.940. The van der Waals surface area contributed by atoms with Gasteiger partial charge in [-0.1, -0.05) is 0 Å². The molecule has 0 bridgehead atoms. The smallest absolute Gasteiger partial charge is 0.277 e. The van der Waals surface area contributed by atoms with Crippen LogP contribution in [-0.2, 0) is 16.7 Å². The standard InChI is InChI=1S/C8H11NO3S/c10-13(11,12)8-4-7-9-5-2-1-3-6-9/h1-3,5H,4,7-8H2,(H,10,11,12)/q+1/p-1. The van der Waals surface area contributed by atoms with E-state index in [1.54, 1.807) is 16.8 Å². The van der Waals surface area contributed by atoms with Gasteiger partial charge in [0.2, 0.25) is 0 Å². The van der Waals surface area contributed by atoms with Gasteiger partial charge in [0.05, 0.1) is 10.1 Å². The summed E-state index contributed by atoms with van der Waals surface area (Å²) in [4.78, 5) is 0. The second-order valence-electron chi connectivity index (χ2n) is 2.64. The van der Waals surface area contributed by atoms with Gasteiger partial charge in [-0.25, -0.2) is 8.42 Å². The SMILES string of the molecule is O=S(=O)([O-])CCC[n+]1[c]cccc1. The Morgan fingerprint density at radius 3 is 2.69 bits per heavy atom. The van der Waals surface area contributed by atoms with Crippen LogP contribution >= 0.6 is 0 Å². The Bertz CT molecular complexity index is 347. The van der Waals surface area contributed by atoms with Crippen LogP contribution in [-0.4, -0.2) is 18.7 Å². The van der Waals surface area contributed by atoms with E-state index in [0.29, 0.717) is 13.0 Å². The van der Waals surface area contributed by atoms with E-state index in [1.165, 1.54) is 0 Å². The molecule has 0 fully saturated rings. The largest absolute Gasteiger partial charge is 0.748 e. The molecule has 0 saturated heterocycles. The van der Waals surface area contributed by atoms with Crippen LogP contribution in [0.4, 0.5) is 0 Å². The summed E-state index contributed by atoms with van der Waals surface area (Å²) in [5.74, 6) is -0.317. The quantitative estimate of drug-likeness (QED) is 0.495. The maximum atomic E-state index is 10.2. The first-order valence-corrected chi connectivity index (χ1v) is 5.45. The summed E-state index contributed by atoms with van der Waals surface area (Å²) in [6.45, 7) is 0.502. The summed E-state index contributed by atoms with van der Waals surface area (Å²) in [6.07, 6.45) is 4.98. The third kappa shape index (κ3) is 4.59. The number of pyridine rings is 1. The van der Waals surface area contributed by atoms with Crippen LogP contribution in [0.25, 0.3) is 0 Å². The molecule has 71 valence electrons. The minimum absolute atomic E-state index is 0.317. The first kappa shape index (κ1) is 10.1. The fourth-order valence-corrected chi connectivity index (χ4v) is 1.42. The molecule has 0 N–H and O–H groups in total. The second-order valence-corrected chi connectivity index (χ2v) is 4.16. The van der Waals surface area contributed by atoms with Gasteiger partial charge in [-0.2, -0.15) is 4.57 Å². The molecular weight excluding hydrogens is 190 g/mol. The topological polar surface area (TPSA) is 61.1 Å². The highest BCUT2D eigenvalue weighted by Gasteiger charge is 2.01. The lowest BCUT2D eigenvalue weighted by atomic mass is 10.4. The number of hydrogen-bond acceptors (Lipinski definition) is 3. The Kier molecular flexibility index (Phi) is 3.39. The zero-order chi connectivity index (χ0) is 9.73. The number of rotatable bonds is 4. The fraction of sp³-hybridized carbons (Fsp3) is 0.375. The molecule has 1 aromatic heterocycles. The van der Waals surface area contributed by atoms with Crippen molar-refractivity contribution in [2.45, 2.75) is 13.0 Å². The minimum atomic E-state index is -4.07. The maximum absolute atomic E-state index is 10.2. The Morgan fingerprint density at radius 2 is 2.15 bits per heavy atom. The average Bonchev–Trinajstić information content (AvgIpc) is 2.04. The molecule has 1 rings (SSSR count). The van der Waals surface area contributed by atoms with Gasteiger partial charge in [-0.05, 0) is 6.07 Å². The van der Waals surface area contributed by atoms with Crippen molar-refractivity contribution in [3.63, 3.8) is 0 Å². The van der Waals surface area contributed by atoms with Crippen LogP contribution in [0.2, 0.25) is 0 Å². The van der Waals surface area contributed by atoms with Crippen molar-refractivity contribution >= 4 is 10.1 Å². The van der Waals surface area contributed by atoms with Crippen molar-refractivity contribution in [1.29, 1.82) is 0 Å². The third-order valence-corrected chi connectivity index (χ3v) is 2.30. The van der Waals surface area contributed by atoms with Crippen molar-refractivity contribution in [1.82, 2.24) is 0 Å². The fourth-order valence-electron chi connectivity index (χ4n) is 0.942. The van der Waals surface area contributed by atoms with Crippen molar-refractivity contribution in [3.8, 4) is 0 Å². The summed E-state index contributed by atoms with van der Waals surface area (Å²) < 4.78 is 32.5. The number of nitrogens with zero attached hydrogens (tertiary/aromatic N) is 1. The minimum Gasteiger partial charge on any atom is -0.748 e. The lowest BCUT2D eigenvalue weighted by Crippen LogP contribution is -2.33. The van der Waals surface area contributed by atoms with E-state index in [1.807, 2.05) is 12.1 Å². The molecule has 13 heavy (non-hydrogen) atoms. The highest BCUT2D eigenvalue weighted by Crippen LogP contribution is 1.87. The molecule has 1 radical (unpaired) electrons. The Labute approximate surface area is 77.6 Å². The van der Waals surface area contributed by atoms with Crippen molar-refractivity contribution in [3.05, 3.63) is 30.6 Å². The molecule has 0 aromatic carbocycles. The van der Waals surface area contributed by atoms with Gasteiger partial charge in [-0.3, -0.25) is 0 Å². The molecule has 0 saturated carbocycles. The summed E-state index contributed by atoms with van der Waals surface area (Å²) in [6, 6.07) is 5.37. The third-order valence-electron chi connectivity index (χ3n) is 1.51. The molecule has 0 spiro atoms. The Balaban J connectivity index is 2.37. The molecule has 0 aliphatic carbocycles. The zero-order valence-corrected chi connectivity index (χ0v) is 7.83. The van der Waals surface area contributed by atoms with Gasteiger partial charge in [0, 0.05) is 24.3 Å². The van der Waals surface area contributed by atoms with Crippen LogP contribution in [0.3, 0.4) is 0 Å². The van der Waals surface area contributed by atoms with Gasteiger partial charge in [0.25, 0.3) is 6.20 Å². The van der Waals surface area contributed by atoms with Gasteiger partial charge in [0.1, 0.15) is 6.54 Å². The van der Waals surface area contributed by atoms with Crippen molar-refractivity contribution < 1.29 is 17.5 Å². The van der Waals surface area contributed by atoms with Crippen molar-refractivity contribution in [2.75, 3.05) is 5.75 Å². The molecule has 4 nitrogen and oxygen atoms in total. The first-order chi connectivity index (χ1) is 6.08. The van der Waals surface area contributed by atoms with Crippen LogP contribution in [0.15, 0.2) is 24.4 Å². The molecule has 1 heterocycles. The lowest BCUT2D eigenvalue weighted by molar-refractivity contribution is -0.700. The molecule has 1 aromatic rings. The van der Waals surface area contributed by atoms with E-state index in [4.69, 9.17) is 0 Å². The number of aryl methyl sites for hydroxylation is 1. The highest BCUT2D eigenvalue weighted by atomic mass is 32.2. The van der Waals surface area contributed by atoms with Gasteiger partial charge >= 0.3 is 0 Å². The van der Waals surface area contributed by atoms with E-state index in [-0.39, 0.29) is 5.75 Å². The molecule has 0 aliphatic heterocycles. The molecule has 5 heteroatoms. The number of hydrogen-bond donors (Lipinski definition) is 0. The van der Waals surface area contributed by atoms with Gasteiger partial charge < -0.3 is 4.55 Å². The Morgan fingerprint density at radius 1 is 1.38 bits per heavy atom. The molecule has 0 aliphatic rings. The molecule has 0 atom stereocenters. The predicted molar refractivity (Wildman–Crippen MR) is 44.7 cm³/mol. The van der Waals surface area contributed by atoms with Crippen LogP contribution in [0.5, 0.6) is 0 Å². The van der Waals surface area contributed by atoms with E-state index >= 15 is 0 Å². The van der Waals surface area contributed by atoms with E-state index in [2.05, 4.69) is 6.20 Å². The van der Waals surface area contributed by atoms with Crippen LogP contribution in [0.1, 0.15) is 6.42 Å². The highest BCUT2D eigenvalue weighted by molar-refractivity contribution is 7.85. The first-order valence-electron chi connectivity index (χ1n) is 3.88. The lowest BCUT2D eigenvalue weighted by Gasteiger charge is -2.03. The monoisotopic (exact) mass is 200 g/mol. The normalized spacial score (nSPS) is 11.5. The summed E-state index contributed by atoms with van der Waals surface area (Å²) in [5.41, 5.74) is 0. The van der Waals surface area contributed by atoms with E-state index < -0.39 is 10.1 Å². The second kappa shape index (κ2) is 4.34. The van der Waals surface area contributed by atoms with Crippen LogP contribution < -0.4 is 4.57 Å². The van der Waals surface area contributed by atoms with E-state index in [0.717, 1.165) is 0 Å². The summed E-state index contributed by atoms with van der Waals surface area (Å²) >= 11 is 0. The average molecular weight is 200 g/mol. The summed E-state index contributed by atoms with van der Waals surface area (Å²) in [5, 5.41) is 0. The van der Waals surface area contributed by atoms with E-state index in [9.17, 15) is 13.0 Å². The van der Waals surface area contributed by atoms with Crippen molar-refractivity contribution in [2.24, 2.45) is 0 Å².